The van der Waals surface area contributed by atoms with Crippen molar-refractivity contribution in [3.05, 3.63) is 93.6 Å². The van der Waals surface area contributed by atoms with Crippen LogP contribution in [0.25, 0.3) is 28.0 Å². The van der Waals surface area contributed by atoms with Crippen LogP contribution in [0.2, 0.25) is 5.02 Å². The third-order valence-electron chi connectivity index (χ3n) is 8.99. The zero-order valence-corrected chi connectivity index (χ0v) is 26.9. The molecule has 8 nitrogen and oxygen atoms in total. The maximum Gasteiger partial charge on any atom is 0.355 e. The third-order valence-corrected chi connectivity index (χ3v) is 9.27. The van der Waals surface area contributed by atoms with Crippen molar-refractivity contribution < 1.29 is 9.18 Å². The van der Waals surface area contributed by atoms with Gasteiger partial charge < -0.3 is 9.80 Å². The number of hydrogen-bond donors (Lipinski definition) is 0. The minimum atomic E-state index is -0.478. The molecule has 0 aliphatic carbocycles. The Balaban J connectivity index is 1.63. The number of carbonyl (C=O) groups is 1. The van der Waals surface area contributed by atoms with Gasteiger partial charge in [-0.2, -0.15) is 4.98 Å². The molecule has 2 atom stereocenters. The Kier molecular flexibility index (Phi) is 8.50. The van der Waals surface area contributed by atoms with E-state index in [9.17, 15) is 9.59 Å². The number of para-hydroxylation sites is 1. The van der Waals surface area contributed by atoms with E-state index < -0.39 is 11.5 Å². The van der Waals surface area contributed by atoms with Gasteiger partial charge in [-0.1, -0.05) is 62.4 Å². The second kappa shape index (κ2) is 12.4. The van der Waals surface area contributed by atoms with Crippen LogP contribution in [0.4, 0.5) is 10.2 Å². The van der Waals surface area contributed by atoms with E-state index >= 15 is 4.39 Å². The number of nitrogens with zero attached hydrogens (tertiary/aromatic N) is 6. The number of pyridine rings is 1. The lowest BCUT2D eigenvalue weighted by molar-refractivity contribution is -0.128. The normalized spacial score (nSPS) is 18.8. The standard InChI is InChI=1S/C35H38ClFN6O2/c1-6-30(44)41-18-23(5)42(19-22(41)4)33-27-17-28(36)31(26-12-7-8-14-29(26)37)38-34(27)43(35(45)39-33)32-24(20-40-15-10-16-40)11-9-13-25(32)21(2)3/h6-9,11-14,17,21-23H,1,10,15-16,18-20H2,2-5H3/t22-,23+/m1/s1. The fraction of sp³-hybridized carbons (Fsp3) is 0.371. The van der Waals surface area contributed by atoms with Crippen molar-refractivity contribution in [1.82, 2.24) is 24.3 Å². The first-order valence-electron chi connectivity index (χ1n) is 15.5. The second-order valence-electron chi connectivity index (χ2n) is 12.4. The molecule has 2 aromatic heterocycles. The molecule has 10 heteroatoms. The minimum Gasteiger partial charge on any atom is -0.349 e. The molecular formula is C35H38ClFN6O2. The first-order chi connectivity index (χ1) is 21.6. The molecule has 45 heavy (non-hydrogen) atoms. The van der Waals surface area contributed by atoms with Gasteiger partial charge in [-0.15, -0.1) is 0 Å². The number of aromatic nitrogens is 3. The molecule has 4 heterocycles. The van der Waals surface area contributed by atoms with Crippen molar-refractivity contribution in [3.63, 3.8) is 0 Å². The lowest BCUT2D eigenvalue weighted by Gasteiger charge is -2.44. The number of rotatable bonds is 7. The summed E-state index contributed by atoms with van der Waals surface area (Å²) in [5.74, 6) is -0.0489. The van der Waals surface area contributed by atoms with Gasteiger partial charge in [-0.25, -0.2) is 18.7 Å². The van der Waals surface area contributed by atoms with Crippen LogP contribution >= 0.6 is 11.6 Å². The zero-order chi connectivity index (χ0) is 32.0. The first kappa shape index (κ1) is 30.9. The van der Waals surface area contributed by atoms with E-state index in [4.69, 9.17) is 21.6 Å². The monoisotopic (exact) mass is 628 g/mol. The molecule has 0 N–H and O–H groups in total. The number of fused-ring (bicyclic) bond motifs is 1. The van der Waals surface area contributed by atoms with Crippen LogP contribution in [0.3, 0.4) is 0 Å². The molecule has 0 saturated carbocycles. The fourth-order valence-electron chi connectivity index (χ4n) is 6.47. The smallest absolute Gasteiger partial charge is 0.349 e. The Morgan fingerprint density at radius 1 is 1.09 bits per heavy atom. The highest BCUT2D eigenvalue weighted by molar-refractivity contribution is 6.33. The molecule has 2 fully saturated rings. The van der Waals surface area contributed by atoms with Gasteiger partial charge in [0.05, 0.1) is 21.8 Å². The molecule has 0 radical (unpaired) electrons. The fourth-order valence-corrected chi connectivity index (χ4v) is 6.73. The van der Waals surface area contributed by atoms with E-state index in [0.29, 0.717) is 36.5 Å². The van der Waals surface area contributed by atoms with Crippen LogP contribution < -0.4 is 10.6 Å². The molecule has 0 bridgehead atoms. The third kappa shape index (κ3) is 5.64. The average Bonchev–Trinajstić information content (AvgIpc) is 2.99. The summed E-state index contributed by atoms with van der Waals surface area (Å²) in [4.78, 5) is 42.8. The molecule has 0 spiro atoms. The number of amides is 1. The van der Waals surface area contributed by atoms with E-state index in [2.05, 4.69) is 31.4 Å². The van der Waals surface area contributed by atoms with E-state index in [1.54, 1.807) is 33.7 Å². The molecule has 2 aromatic carbocycles. The lowest BCUT2D eigenvalue weighted by Crippen LogP contribution is -2.58. The molecule has 0 unspecified atom stereocenters. The summed E-state index contributed by atoms with van der Waals surface area (Å²) in [6.45, 7) is 15.4. The number of likely N-dealkylation sites (tertiary alicyclic amines) is 1. The molecule has 6 rings (SSSR count). The summed E-state index contributed by atoms with van der Waals surface area (Å²) in [6, 6.07) is 13.9. The van der Waals surface area contributed by atoms with Crippen molar-refractivity contribution in [2.45, 2.75) is 58.7 Å². The van der Waals surface area contributed by atoms with Crippen molar-refractivity contribution in [1.29, 1.82) is 0 Å². The SMILES string of the molecule is C=CC(=O)N1C[C@H](C)N(c2nc(=O)n(-c3c(CN4CCC4)cccc3C(C)C)c3nc(-c4ccccc4F)c(Cl)cc23)C[C@H]1C. The summed E-state index contributed by atoms with van der Waals surface area (Å²) in [7, 11) is 0. The minimum absolute atomic E-state index is 0.104. The van der Waals surface area contributed by atoms with Gasteiger partial charge in [0.25, 0.3) is 0 Å². The zero-order valence-electron chi connectivity index (χ0n) is 26.1. The summed E-state index contributed by atoms with van der Waals surface area (Å²) in [5.41, 5.74) is 3.13. The molecule has 2 aliphatic heterocycles. The second-order valence-corrected chi connectivity index (χ2v) is 12.8. The average molecular weight is 629 g/mol. The highest BCUT2D eigenvalue weighted by Gasteiger charge is 2.34. The van der Waals surface area contributed by atoms with Gasteiger partial charge in [-0.05, 0) is 74.7 Å². The number of benzene rings is 2. The summed E-state index contributed by atoms with van der Waals surface area (Å²) in [5, 5.41) is 0.829. The largest absolute Gasteiger partial charge is 0.355 e. The Morgan fingerprint density at radius 3 is 2.51 bits per heavy atom. The topological polar surface area (TPSA) is 74.6 Å². The molecule has 2 aliphatic rings. The predicted molar refractivity (Wildman–Crippen MR) is 178 cm³/mol. The van der Waals surface area contributed by atoms with Gasteiger partial charge in [0.2, 0.25) is 5.91 Å². The highest BCUT2D eigenvalue weighted by Crippen LogP contribution is 2.37. The van der Waals surface area contributed by atoms with E-state index in [1.807, 2.05) is 30.9 Å². The van der Waals surface area contributed by atoms with Gasteiger partial charge in [0, 0.05) is 37.3 Å². The van der Waals surface area contributed by atoms with Gasteiger partial charge in [-0.3, -0.25) is 9.69 Å². The van der Waals surface area contributed by atoms with Crippen molar-refractivity contribution in [2.75, 3.05) is 31.1 Å². The van der Waals surface area contributed by atoms with Crippen LogP contribution in [-0.2, 0) is 11.3 Å². The Hall–Kier alpha value is -4.08. The van der Waals surface area contributed by atoms with Gasteiger partial charge >= 0.3 is 5.69 Å². The number of carbonyl (C=O) groups excluding carboxylic acids is 1. The van der Waals surface area contributed by atoms with Crippen LogP contribution in [0.1, 0.15) is 51.2 Å². The lowest BCUT2D eigenvalue weighted by atomic mass is 9.96. The number of halogens is 2. The van der Waals surface area contributed by atoms with Gasteiger partial charge in [0.1, 0.15) is 11.6 Å². The maximum atomic E-state index is 15.1. The number of hydrogen-bond acceptors (Lipinski definition) is 6. The summed E-state index contributed by atoms with van der Waals surface area (Å²) >= 11 is 6.88. The van der Waals surface area contributed by atoms with Crippen molar-refractivity contribution in [3.8, 4) is 16.9 Å². The quantitative estimate of drug-likeness (QED) is 0.228. The van der Waals surface area contributed by atoms with Crippen LogP contribution in [0.15, 0.2) is 66.0 Å². The predicted octanol–water partition coefficient (Wildman–Crippen LogP) is 6.18. The molecule has 234 valence electrons. The van der Waals surface area contributed by atoms with E-state index in [-0.39, 0.29) is 40.2 Å². The van der Waals surface area contributed by atoms with Crippen molar-refractivity contribution >= 4 is 34.4 Å². The number of anilines is 1. The summed E-state index contributed by atoms with van der Waals surface area (Å²) in [6.07, 6.45) is 2.47. The van der Waals surface area contributed by atoms with Crippen LogP contribution in [0.5, 0.6) is 0 Å². The molecule has 2 saturated heterocycles. The number of piperazine rings is 1. The Morgan fingerprint density at radius 2 is 1.84 bits per heavy atom. The molecule has 4 aromatic rings. The van der Waals surface area contributed by atoms with E-state index in [1.165, 1.54) is 12.1 Å². The maximum absolute atomic E-state index is 15.1. The summed E-state index contributed by atoms with van der Waals surface area (Å²) < 4.78 is 16.7. The van der Waals surface area contributed by atoms with Crippen LogP contribution in [-0.4, -0.2) is 68.5 Å². The van der Waals surface area contributed by atoms with Crippen molar-refractivity contribution in [2.24, 2.45) is 0 Å². The highest BCUT2D eigenvalue weighted by atomic mass is 35.5. The Bertz CT molecular complexity index is 1850. The van der Waals surface area contributed by atoms with E-state index in [0.717, 1.165) is 36.3 Å². The Labute approximate surface area is 267 Å². The first-order valence-corrected chi connectivity index (χ1v) is 15.9. The van der Waals surface area contributed by atoms with Gasteiger partial charge in [0.15, 0.2) is 5.65 Å². The molecule has 1 amide bonds. The molecular weight excluding hydrogens is 591 g/mol. The van der Waals surface area contributed by atoms with Crippen LogP contribution in [0, 0.1) is 5.82 Å².